The van der Waals surface area contributed by atoms with Gasteiger partial charge in [-0.3, -0.25) is 4.99 Å². The highest BCUT2D eigenvalue weighted by molar-refractivity contribution is 8.09. The number of aliphatic imine (C=N–C) groups is 1. The molecule has 0 bridgehead atoms. The maximum atomic E-state index is 11.3. The van der Waals surface area contributed by atoms with Gasteiger partial charge in [-0.25, -0.2) is 8.42 Å². The van der Waals surface area contributed by atoms with Crippen molar-refractivity contribution in [3.8, 4) is 0 Å². The molecular weight excluding hydrogens is 188 g/mol. The predicted octanol–water partition coefficient (Wildman–Crippen LogP) is 0.774. The van der Waals surface area contributed by atoms with E-state index >= 15 is 0 Å². The summed E-state index contributed by atoms with van der Waals surface area (Å²) in [5, 5.41) is 3.93. The van der Waals surface area contributed by atoms with E-state index < -0.39 is 9.84 Å². The van der Waals surface area contributed by atoms with Gasteiger partial charge >= 0.3 is 0 Å². The third kappa shape index (κ3) is 1.75. The normalized spacial score (nSPS) is 29.7. The fourth-order valence-electron chi connectivity index (χ4n) is 1.65. The second-order valence-corrected chi connectivity index (χ2v) is 5.11. The Morgan fingerprint density at radius 3 is 2.62 bits per heavy atom. The van der Waals surface area contributed by atoms with E-state index in [-0.39, 0.29) is 11.2 Å². The SMILES string of the molecule is O=S1(=O)C=CNC1=NC1CCCC1. The molecule has 4 nitrogen and oxygen atoms in total. The zero-order valence-electron chi connectivity index (χ0n) is 7.23. The van der Waals surface area contributed by atoms with E-state index in [2.05, 4.69) is 10.3 Å². The van der Waals surface area contributed by atoms with Crippen molar-refractivity contribution in [2.45, 2.75) is 31.7 Å². The molecule has 1 aliphatic carbocycles. The summed E-state index contributed by atoms with van der Waals surface area (Å²) in [5.41, 5.74) is 0. The molecule has 0 spiro atoms. The highest BCUT2D eigenvalue weighted by Crippen LogP contribution is 2.21. The van der Waals surface area contributed by atoms with E-state index in [1.807, 2.05) is 0 Å². The Hall–Kier alpha value is -0.840. The van der Waals surface area contributed by atoms with Crippen molar-refractivity contribution < 1.29 is 8.42 Å². The Morgan fingerprint density at radius 2 is 2.08 bits per heavy atom. The summed E-state index contributed by atoms with van der Waals surface area (Å²) in [7, 11) is -3.22. The summed E-state index contributed by atoms with van der Waals surface area (Å²) < 4.78 is 22.5. The van der Waals surface area contributed by atoms with Crippen LogP contribution in [0.4, 0.5) is 0 Å². The first-order valence-corrected chi connectivity index (χ1v) is 5.99. The Bertz CT molecular complexity index is 350. The largest absolute Gasteiger partial charge is 0.336 e. The molecule has 0 saturated heterocycles. The van der Waals surface area contributed by atoms with Crippen LogP contribution in [0.3, 0.4) is 0 Å². The van der Waals surface area contributed by atoms with Crippen molar-refractivity contribution in [2.75, 3.05) is 0 Å². The molecule has 0 aromatic rings. The molecule has 0 unspecified atom stereocenters. The summed E-state index contributed by atoms with van der Waals surface area (Å²) >= 11 is 0. The van der Waals surface area contributed by atoms with Gasteiger partial charge in [0.15, 0.2) is 0 Å². The number of hydrogen-bond donors (Lipinski definition) is 1. The molecular formula is C8H12N2O2S. The first-order chi connectivity index (χ1) is 6.18. The highest BCUT2D eigenvalue weighted by Gasteiger charge is 2.23. The van der Waals surface area contributed by atoms with Crippen molar-refractivity contribution >= 4 is 15.0 Å². The third-order valence-corrected chi connectivity index (χ3v) is 3.60. The van der Waals surface area contributed by atoms with Crippen LogP contribution in [0.5, 0.6) is 0 Å². The minimum Gasteiger partial charge on any atom is -0.336 e. The van der Waals surface area contributed by atoms with Gasteiger partial charge in [0.1, 0.15) is 0 Å². The second-order valence-electron chi connectivity index (χ2n) is 3.36. The lowest BCUT2D eigenvalue weighted by molar-refractivity contribution is 0.614. The third-order valence-electron chi connectivity index (χ3n) is 2.35. The summed E-state index contributed by atoms with van der Waals surface area (Å²) in [6.07, 6.45) is 5.77. The van der Waals surface area contributed by atoms with E-state index in [1.54, 1.807) is 0 Å². The van der Waals surface area contributed by atoms with Gasteiger partial charge < -0.3 is 5.32 Å². The zero-order chi connectivity index (χ0) is 9.31. The number of rotatable bonds is 1. The van der Waals surface area contributed by atoms with E-state index in [9.17, 15) is 8.42 Å². The molecule has 1 fully saturated rings. The Labute approximate surface area is 77.7 Å². The van der Waals surface area contributed by atoms with Gasteiger partial charge in [0.25, 0.3) is 0 Å². The Morgan fingerprint density at radius 1 is 1.38 bits per heavy atom. The molecule has 0 amide bonds. The Kier molecular flexibility index (Phi) is 2.11. The molecule has 1 aliphatic heterocycles. The molecule has 2 rings (SSSR count). The number of amidine groups is 1. The second kappa shape index (κ2) is 3.14. The van der Waals surface area contributed by atoms with Crippen LogP contribution >= 0.6 is 0 Å². The molecule has 2 aliphatic rings. The lowest BCUT2D eigenvalue weighted by Crippen LogP contribution is -2.21. The van der Waals surface area contributed by atoms with Gasteiger partial charge in [-0.1, -0.05) is 12.8 Å². The molecule has 72 valence electrons. The molecule has 0 atom stereocenters. The molecule has 13 heavy (non-hydrogen) atoms. The van der Waals surface area contributed by atoms with Crippen molar-refractivity contribution in [1.82, 2.24) is 5.32 Å². The van der Waals surface area contributed by atoms with E-state index in [0.717, 1.165) is 31.1 Å². The first kappa shape index (κ1) is 8.74. The summed E-state index contributed by atoms with van der Waals surface area (Å²) in [4.78, 5) is 4.18. The molecule has 0 radical (unpaired) electrons. The van der Waals surface area contributed by atoms with Gasteiger partial charge in [0.05, 0.1) is 11.4 Å². The topological polar surface area (TPSA) is 58.5 Å². The van der Waals surface area contributed by atoms with Crippen molar-refractivity contribution in [3.05, 3.63) is 11.6 Å². The van der Waals surface area contributed by atoms with Crippen LogP contribution in [0.1, 0.15) is 25.7 Å². The fraction of sp³-hybridized carbons (Fsp3) is 0.625. The molecule has 1 saturated carbocycles. The number of hydrogen-bond acceptors (Lipinski definition) is 3. The van der Waals surface area contributed by atoms with E-state index in [4.69, 9.17) is 0 Å². The van der Waals surface area contributed by atoms with Crippen LogP contribution in [0.25, 0.3) is 0 Å². The summed E-state index contributed by atoms with van der Waals surface area (Å²) in [5.74, 6) is 0. The van der Waals surface area contributed by atoms with Gasteiger partial charge in [0, 0.05) is 6.20 Å². The van der Waals surface area contributed by atoms with Crippen LogP contribution in [0.15, 0.2) is 16.6 Å². The van der Waals surface area contributed by atoms with Gasteiger partial charge in [-0.2, -0.15) is 0 Å². The first-order valence-electron chi connectivity index (χ1n) is 4.44. The molecule has 1 heterocycles. The zero-order valence-corrected chi connectivity index (χ0v) is 8.05. The summed E-state index contributed by atoms with van der Waals surface area (Å²) in [6, 6.07) is 0.206. The van der Waals surface area contributed by atoms with Crippen LogP contribution in [0.2, 0.25) is 0 Å². The highest BCUT2D eigenvalue weighted by atomic mass is 32.2. The van der Waals surface area contributed by atoms with Crippen molar-refractivity contribution in [1.29, 1.82) is 0 Å². The maximum absolute atomic E-state index is 11.3. The fourth-order valence-corrected chi connectivity index (χ4v) is 2.56. The lowest BCUT2D eigenvalue weighted by Gasteiger charge is -2.03. The minimum atomic E-state index is -3.22. The lowest BCUT2D eigenvalue weighted by atomic mass is 10.3. The van der Waals surface area contributed by atoms with Crippen molar-refractivity contribution in [3.63, 3.8) is 0 Å². The van der Waals surface area contributed by atoms with Crippen LogP contribution in [0, 0.1) is 0 Å². The average molecular weight is 200 g/mol. The number of sulfone groups is 1. The molecule has 5 heteroatoms. The minimum absolute atomic E-state index is 0.124. The molecule has 0 aromatic heterocycles. The quantitative estimate of drug-likeness (QED) is 0.680. The van der Waals surface area contributed by atoms with Crippen LogP contribution in [-0.4, -0.2) is 19.6 Å². The maximum Gasteiger partial charge on any atom is 0.234 e. The van der Waals surface area contributed by atoms with Crippen LogP contribution in [-0.2, 0) is 9.84 Å². The smallest absolute Gasteiger partial charge is 0.234 e. The van der Waals surface area contributed by atoms with Gasteiger partial charge in [-0.15, -0.1) is 0 Å². The molecule has 0 aromatic carbocycles. The van der Waals surface area contributed by atoms with E-state index in [0.29, 0.717) is 0 Å². The Balaban J connectivity index is 2.17. The van der Waals surface area contributed by atoms with Crippen LogP contribution < -0.4 is 5.32 Å². The van der Waals surface area contributed by atoms with Crippen molar-refractivity contribution in [2.24, 2.45) is 4.99 Å². The predicted molar refractivity (Wildman–Crippen MR) is 50.9 cm³/mol. The monoisotopic (exact) mass is 200 g/mol. The van der Waals surface area contributed by atoms with Gasteiger partial charge in [0.2, 0.25) is 15.0 Å². The number of nitrogens with zero attached hydrogens (tertiary/aromatic N) is 1. The standard InChI is InChI=1S/C8H12N2O2S/c11-13(12)6-5-9-8(13)10-7-3-1-2-4-7/h5-7H,1-4H2,(H,9,10). The molecule has 1 N–H and O–H groups in total. The van der Waals surface area contributed by atoms with Gasteiger partial charge in [-0.05, 0) is 12.8 Å². The number of nitrogens with one attached hydrogen (secondary N) is 1. The average Bonchev–Trinajstić information content (AvgIpc) is 2.63. The van der Waals surface area contributed by atoms with E-state index in [1.165, 1.54) is 6.20 Å². The summed E-state index contributed by atoms with van der Waals surface area (Å²) in [6.45, 7) is 0.